The molecule has 1 heterocycles. The van der Waals surface area contributed by atoms with Gasteiger partial charge in [-0.15, -0.1) is 0 Å². The SMILES string of the molecule is CCCc1c(NN)ncnc1OCCC1CC1. The summed E-state index contributed by atoms with van der Waals surface area (Å²) in [4.78, 5) is 8.30. The largest absolute Gasteiger partial charge is 0.477 e. The molecule has 94 valence electrons. The molecule has 1 saturated carbocycles. The summed E-state index contributed by atoms with van der Waals surface area (Å²) in [6.45, 7) is 2.85. The Bertz CT molecular complexity index is 366. The highest BCUT2D eigenvalue weighted by atomic mass is 16.5. The maximum absolute atomic E-state index is 5.74. The molecule has 2 rings (SSSR count). The van der Waals surface area contributed by atoms with Crippen LogP contribution >= 0.6 is 0 Å². The van der Waals surface area contributed by atoms with Crippen molar-refractivity contribution in [2.24, 2.45) is 11.8 Å². The number of hydrogen-bond acceptors (Lipinski definition) is 5. The first-order chi connectivity index (χ1) is 8.35. The van der Waals surface area contributed by atoms with Gasteiger partial charge in [0.1, 0.15) is 12.1 Å². The van der Waals surface area contributed by atoms with Crippen LogP contribution in [0.1, 0.15) is 38.2 Å². The minimum atomic E-state index is 0.670. The molecule has 0 aliphatic heterocycles. The minimum Gasteiger partial charge on any atom is -0.477 e. The van der Waals surface area contributed by atoms with Crippen molar-refractivity contribution in [3.8, 4) is 5.88 Å². The molecule has 1 aromatic heterocycles. The fourth-order valence-electron chi connectivity index (χ4n) is 1.85. The van der Waals surface area contributed by atoms with Gasteiger partial charge in [0.2, 0.25) is 5.88 Å². The first-order valence-electron chi connectivity index (χ1n) is 6.28. The molecule has 1 fully saturated rings. The van der Waals surface area contributed by atoms with Crippen LogP contribution in [0.3, 0.4) is 0 Å². The average Bonchev–Trinajstić information content (AvgIpc) is 3.15. The number of nitrogens with zero attached hydrogens (tertiary/aromatic N) is 2. The number of aromatic nitrogens is 2. The van der Waals surface area contributed by atoms with E-state index in [0.29, 0.717) is 11.7 Å². The smallest absolute Gasteiger partial charge is 0.221 e. The van der Waals surface area contributed by atoms with E-state index in [0.717, 1.165) is 37.4 Å². The van der Waals surface area contributed by atoms with Crippen molar-refractivity contribution in [2.45, 2.75) is 39.0 Å². The zero-order valence-corrected chi connectivity index (χ0v) is 10.3. The number of hydrogen-bond donors (Lipinski definition) is 2. The quantitative estimate of drug-likeness (QED) is 0.558. The summed E-state index contributed by atoms with van der Waals surface area (Å²) in [6, 6.07) is 0. The van der Waals surface area contributed by atoms with Gasteiger partial charge in [0.15, 0.2) is 0 Å². The van der Waals surface area contributed by atoms with Gasteiger partial charge >= 0.3 is 0 Å². The third-order valence-corrected chi connectivity index (χ3v) is 3.00. The Labute approximate surface area is 102 Å². The lowest BCUT2D eigenvalue weighted by Gasteiger charge is -2.12. The van der Waals surface area contributed by atoms with Gasteiger partial charge in [-0.3, -0.25) is 0 Å². The summed E-state index contributed by atoms with van der Waals surface area (Å²) in [5.41, 5.74) is 3.58. The Hall–Kier alpha value is -1.36. The fourth-order valence-corrected chi connectivity index (χ4v) is 1.85. The monoisotopic (exact) mass is 236 g/mol. The van der Waals surface area contributed by atoms with E-state index in [4.69, 9.17) is 10.6 Å². The molecule has 1 aliphatic carbocycles. The van der Waals surface area contributed by atoms with E-state index in [1.54, 1.807) is 0 Å². The van der Waals surface area contributed by atoms with Crippen molar-refractivity contribution in [3.63, 3.8) is 0 Å². The van der Waals surface area contributed by atoms with Gasteiger partial charge < -0.3 is 10.2 Å². The molecule has 0 unspecified atom stereocenters. The molecule has 0 spiro atoms. The molecule has 17 heavy (non-hydrogen) atoms. The lowest BCUT2D eigenvalue weighted by atomic mass is 10.2. The van der Waals surface area contributed by atoms with E-state index in [2.05, 4.69) is 22.3 Å². The second kappa shape index (κ2) is 5.82. The second-order valence-corrected chi connectivity index (χ2v) is 4.48. The molecule has 0 radical (unpaired) electrons. The first kappa shape index (κ1) is 12.1. The summed E-state index contributed by atoms with van der Waals surface area (Å²) in [6.07, 6.45) is 7.21. The maximum Gasteiger partial charge on any atom is 0.221 e. The molecule has 0 aromatic carbocycles. The molecular weight excluding hydrogens is 216 g/mol. The Morgan fingerprint density at radius 3 is 2.94 bits per heavy atom. The fraction of sp³-hybridized carbons (Fsp3) is 0.667. The van der Waals surface area contributed by atoms with Crippen molar-refractivity contribution in [1.82, 2.24) is 9.97 Å². The molecule has 0 bridgehead atoms. The van der Waals surface area contributed by atoms with Gasteiger partial charge in [0.05, 0.1) is 12.2 Å². The topological polar surface area (TPSA) is 73.1 Å². The highest BCUT2D eigenvalue weighted by Gasteiger charge is 2.21. The van der Waals surface area contributed by atoms with Crippen LogP contribution in [-0.2, 0) is 6.42 Å². The normalized spacial score (nSPS) is 14.7. The molecular formula is C12H20N4O. The number of nitrogens with one attached hydrogen (secondary N) is 1. The van der Waals surface area contributed by atoms with Gasteiger partial charge in [-0.25, -0.2) is 15.8 Å². The number of ether oxygens (including phenoxy) is 1. The molecule has 5 heteroatoms. The number of anilines is 1. The van der Waals surface area contributed by atoms with Gasteiger partial charge in [-0.1, -0.05) is 26.2 Å². The number of hydrazine groups is 1. The van der Waals surface area contributed by atoms with E-state index >= 15 is 0 Å². The Balaban J connectivity index is 2.01. The van der Waals surface area contributed by atoms with Crippen LogP contribution in [0.25, 0.3) is 0 Å². The molecule has 0 saturated heterocycles. The molecule has 1 aliphatic rings. The van der Waals surface area contributed by atoms with Crippen molar-refractivity contribution in [3.05, 3.63) is 11.9 Å². The highest BCUT2D eigenvalue weighted by Crippen LogP contribution is 2.32. The second-order valence-electron chi connectivity index (χ2n) is 4.48. The maximum atomic E-state index is 5.74. The van der Waals surface area contributed by atoms with Crippen LogP contribution in [0.15, 0.2) is 6.33 Å². The summed E-state index contributed by atoms with van der Waals surface area (Å²) in [7, 11) is 0. The molecule has 0 amide bonds. The molecule has 3 N–H and O–H groups in total. The Morgan fingerprint density at radius 2 is 2.29 bits per heavy atom. The van der Waals surface area contributed by atoms with Crippen LogP contribution in [0.5, 0.6) is 5.88 Å². The van der Waals surface area contributed by atoms with Crippen molar-refractivity contribution in [2.75, 3.05) is 12.0 Å². The van der Waals surface area contributed by atoms with E-state index in [1.807, 2.05) is 0 Å². The lowest BCUT2D eigenvalue weighted by molar-refractivity contribution is 0.287. The number of nitrogen functional groups attached to an aromatic ring is 1. The predicted molar refractivity (Wildman–Crippen MR) is 66.7 cm³/mol. The van der Waals surface area contributed by atoms with Crippen LogP contribution in [0.2, 0.25) is 0 Å². The zero-order chi connectivity index (χ0) is 12.1. The van der Waals surface area contributed by atoms with Crippen molar-refractivity contribution in [1.29, 1.82) is 0 Å². The van der Waals surface area contributed by atoms with E-state index in [-0.39, 0.29) is 0 Å². The van der Waals surface area contributed by atoms with Gasteiger partial charge in [-0.2, -0.15) is 0 Å². The Kier molecular flexibility index (Phi) is 4.14. The number of rotatable bonds is 7. The standard InChI is InChI=1S/C12H20N4O/c1-2-3-10-11(16-13)14-8-15-12(10)17-7-6-9-4-5-9/h8-9H,2-7,13H2,1H3,(H,14,15,16). The van der Waals surface area contributed by atoms with Crippen LogP contribution in [0.4, 0.5) is 5.82 Å². The molecule has 0 atom stereocenters. The minimum absolute atomic E-state index is 0.670. The highest BCUT2D eigenvalue weighted by molar-refractivity contribution is 5.47. The van der Waals surface area contributed by atoms with Gasteiger partial charge in [0, 0.05) is 0 Å². The number of nitrogens with two attached hydrogens (primary N) is 1. The van der Waals surface area contributed by atoms with Crippen molar-refractivity contribution >= 4 is 5.82 Å². The van der Waals surface area contributed by atoms with Crippen LogP contribution in [0, 0.1) is 5.92 Å². The third-order valence-electron chi connectivity index (χ3n) is 3.00. The Morgan fingerprint density at radius 1 is 1.47 bits per heavy atom. The average molecular weight is 236 g/mol. The summed E-state index contributed by atoms with van der Waals surface area (Å²) in [5.74, 6) is 7.66. The van der Waals surface area contributed by atoms with E-state index < -0.39 is 0 Å². The van der Waals surface area contributed by atoms with E-state index in [1.165, 1.54) is 19.2 Å². The van der Waals surface area contributed by atoms with E-state index in [9.17, 15) is 0 Å². The third kappa shape index (κ3) is 3.30. The molecule has 5 nitrogen and oxygen atoms in total. The summed E-state index contributed by atoms with van der Waals surface area (Å²) in [5, 5.41) is 0. The molecule has 1 aromatic rings. The summed E-state index contributed by atoms with van der Waals surface area (Å²) >= 11 is 0. The van der Waals surface area contributed by atoms with Gasteiger partial charge in [-0.05, 0) is 18.8 Å². The van der Waals surface area contributed by atoms with Gasteiger partial charge in [0.25, 0.3) is 0 Å². The van der Waals surface area contributed by atoms with Crippen LogP contribution < -0.4 is 16.0 Å². The van der Waals surface area contributed by atoms with Crippen molar-refractivity contribution < 1.29 is 4.74 Å². The first-order valence-corrected chi connectivity index (χ1v) is 6.28. The lowest BCUT2D eigenvalue weighted by Crippen LogP contribution is -2.13. The van der Waals surface area contributed by atoms with Crippen LogP contribution in [-0.4, -0.2) is 16.6 Å². The predicted octanol–water partition coefficient (Wildman–Crippen LogP) is 1.89. The zero-order valence-electron chi connectivity index (χ0n) is 10.3. The summed E-state index contributed by atoms with van der Waals surface area (Å²) < 4.78 is 5.74.